The Bertz CT molecular complexity index is 1060. The molecule has 1 unspecified atom stereocenters. The summed E-state index contributed by atoms with van der Waals surface area (Å²) in [6.45, 7) is 1.61. The summed E-state index contributed by atoms with van der Waals surface area (Å²) in [6.07, 6.45) is 1.75. The maximum atomic E-state index is 13.3. The number of halogens is 2. The van der Waals surface area contributed by atoms with Gasteiger partial charge in [0.25, 0.3) is 5.91 Å². The van der Waals surface area contributed by atoms with Gasteiger partial charge in [0.05, 0.1) is 6.20 Å². The van der Waals surface area contributed by atoms with Crippen molar-refractivity contribution in [2.45, 2.75) is 25.4 Å². The highest BCUT2D eigenvalue weighted by Crippen LogP contribution is 2.33. The molecule has 0 bridgehead atoms. The third-order valence-corrected chi connectivity index (χ3v) is 5.02. The van der Waals surface area contributed by atoms with Gasteiger partial charge in [0, 0.05) is 5.56 Å². The number of aromatic nitrogens is 1. The van der Waals surface area contributed by atoms with E-state index >= 15 is 0 Å². The predicted octanol–water partition coefficient (Wildman–Crippen LogP) is 3.98. The Hall–Kier alpha value is -3.55. The minimum Gasteiger partial charge on any atom is -0.439 e. The molecule has 29 heavy (non-hydrogen) atoms. The lowest BCUT2D eigenvalue weighted by atomic mass is 9.87. The molecule has 1 aliphatic heterocycles. The summed E-state index contributed by atoms with van der Waals surface area (Å²) in [5.41, 5.74) is -0.143. The number of urea groups is 1. The van der Waals surface area contributed by atoms with E-state index in [0.29, 0.717) is 23.3 Å². The van der Waals surface area contributed by atoms with Crippen molar-refractivity contribution in [2.75, 3.05) is 0 Å². The molecule has 1 aliphatic rings. The first-order valence-electron chi connectivity index (χ1n) is 9.04. The summed E-state index contributed by atoms with van der Waals surface area (Å²) >= 11 is 0. The van der Waals surface area contributed by atoms with Gasteiger partial charge < -0.3 is 9.73 Å². The largest absolute Gasteiger partial charge is 0.439 e. The average Bonchev–Trinajstić information content (AvgIpc) is 3.28. The predicted molar refractivity (Wildman–Crippen MR) is 99.3 cm³/mol. The van der Waals surface area contributed by atoms with Crippen molar-refractivity contribution < 1.29 is 22.8 Å². The topological polar surface area (TPSA) is 75.4 Å². The van der Waals surface area contributed by atoms with Gasteiger partial charge in [-0.3, -0.25) is 9.69 Å². The molecule has 1 fully saturated rings. The van der Waals surface area contributed by atoms with Crippen LogP contribution in [0.2, 0.25) is 0 Å². The molecule has 0 radical (unpaired) electrons. The minimum atomic E-state index is -1.27. The van der Waals surface area contributed by atoms with Crippen LogP contribution in [0.4, 0.5) is 13.6 Å². The summed E-state index contributed by atoms with van der Waals surface area (Å²) in [5.74, 6) is -0.699. The molecule has 1 N–H and O–H groups in total. The summed E-state index contributed by atoms with van der Waals surface area (Å²) < 4.78 is 32.0. The Morgan fingerprint density at radius 3 is 2.28 bits per heavy atom. The molecule has 0 aliphatic carbocycles. The minimum absolute atomic E-state index is 0.158. The third kappa shape index (κ3) is 3.26. The highest BCUT2D eigenvalue weighted by Gasteiger charge is 2.51. The van der Waals surface area contributed by atoms with Crippen LogP contribution in [0.15, 0.2) is 59.1 Å². The van der Waals surface area contributed by atoms with Crippen LogP contribution in [0.25, 0.3) is 11.3 Å². The van der Waals surface area contributed by atoms with Crippen LogP contribution < -0.4 is 5.32 Å². The molecule has 1 saturated heterocycles. The normalized spacial score (nSPS) is 18.9. The number of nitrogens with zero attached hydrogens (tertiary/aromatic N) is 2. The standard InChI is InChI=1S/C21H17F2N3O3/c1-2-21(14-5-9-16(23)10-6-14)19(27)26(20(28)25-21)12-18-24-11-17(29-18)13-3-7-15(22)8-4-13/h3-11H,2,12H2,1H3,(H,25,28). The smallest absolute Gasteiger partial charge is 0.325 e. The fourth-order valence-electron chi connectivity index (χ4n) is 3.41. The number of carbonyl (C=O) groups is 2. The van der Waals surface area contributed by atoms with E-state index in [0.717, 1.165) is 4.90 Å². The number of rotatable bonds is 5. The Morgan fingerprint density at radius 2 is 1.66 bits per heavy atom. The SMILES string of the molecule is CCC1(c2ccc(F)cc2)NC(=O)N(Cc2ncc(-c3ccc(F)cc3)o2)C1=O. The number of nitrogens with one attached hydrogen (secondary N) is 1. The molecule has 0 spiro atoms. The third-order valence-electron chi connectivity index (χ3n) is 5.02. The summed E-state index contributed by atoms with van der Waals surface area (Å²) in [4.78, 5) is 30.8. The second-order valence-electron chi connectivity index (χ2n) is 6.71. The fourth-order valence-corrected chi connectivity index (χ4v) is 3.41. The molecular weight excluding hydrogens is 380 g/mol. The van der Waals surface area contributed by atoms with E-state index in [1.165, 1.54) is 42.6 Å². The van der Waals surface area contributed by atoms with Gasteiger partial charge in [0.1, 0.15) is 23.7 Å². The van der Waals surface area contributed by atoms with E-state index in [9.17, 15) is 18.4 Å². The molecule has 3 amide bonds. The molecule has 2 aromatic carbocycles. The van der Waals surface area contributed by atoms with Crippen LogP contribution in [0.1, 0.15) is 24.8 Å². The van der Waals surface area contributed by atoms with E-state index < -0.39 is 23.3 Å². The van der Waals surface area contributed by atoms with E-state index in [1.807, 2.05) is 0 Å². The molecule has 3 aromatic rings. The van der Waals surface area contributed by atoms with Gasteiger partial charge in [-0.25, -0.2) is 18.6 Å². The van der Waals surface area contributed by atoms with Crippen molar-refractivity contribution in [1.29, 1.82) is 0 Å². The molecule has 2 heterocycles. The Balaban J connectivity index is 1.58. The zero-order valence-electron chi connectivity index (χ0n) is 15.5. The Labute approximate surface area is 165 Å². The lowest BCUT2D eigenvalue weighted by Crippen LogP contribution is -2.43. The fraction of sp³-hybridized carbons (Fsp3) is 0.190. The average molecular weight is 397 g/mol. The molecule has 1 atom stereocenters. The Kier molecular flexibility index (Phi) is 4.62. The number of carbonyl (C=O) groups excluding carboxylic acids is 2. The van der Waals surface area contributed by atoms with Crippen LogP contribution in [0.3, 0.4) is 0 Å². The van der Waals surface area contributed by atoms with Crippen molar-refractivity contribution in [1.82, 2.24) is 15.2 Å². The Morgan fingerprint density at radius 1 is 1.03 bits per heavy atom. The van der Waals surface area contributed by atoms with Crippen LogP contribution in [0.5, 0.6) is 0 Å². The first-order chi connectivity index (χ1) is 13.9. The van der Waals surface area contributed by atoms with Gasteiger partial charge in [-0.05, 0) is 48.4 Å². The van der Waals surface area contributed by atoms with E-state index in [2.05, 4.69) is 10.3 Å². The molecule has 148 valence electrons. The molecule has 0 saturated carbocycles. The number of benzene rings is 2. The maximum absolute atomic E-state index is 13.3. The van der Waals surface area contributed by atoms with E-state index in [1.54, 1.807) is 19.1 Å². The van der Waals surface area contributed by atoms with Gasteiger partial charge in [0.15, 0.2) is 5.76 Å². The van der Waals surface area contributed by atoms with E-state index in [4.69, 9.17) is 4.42 Å². The van der Waals surface area contributed by atoms with Crippen LogP contribution in [-0.4, -0.2) is 21.8 Å². The second kappa shape index (κ2) is 7.12. The molecular formula is C21H17F2N3O3. The van der Waals surface area contributed by atoms with Crippen LogP contribution >= 0.6 is 0 Å². The summed E-state index contributed by atoms with van der Waals surface area (Å²) in [7, 11) is 0. The molecule has 4 rings (SSSR count). The number of oxazole rings is 1. The van der Waals surface area contributed by atoms with E-state index in [-0.39, 0.29) is 18.3 Å². The van der Waals surface area contributed by atoms with Crippen molar-refractivity contribution in [3.05, 3.63) is 77.8 Å². The first kappa shape index (κ1) is 18.8. The van der Waals surface area contributed by atoms with Crippen molar-refractivity contribution in [3.63, 3.8) is 0 Å². The lowest BCUT2D eigenvalue weighted by molar-refractivity contribution is -0.132. The van der Waals surface area contributed by atoms with Crippen molar-refractivity contribution in [3.8, 4) is 11.3 Å². The second-order valence-corrected chi connectivity index (χ2v) is 6.71. The van der Waals surface area contributed by atoms with Crippen molar-refractivity contribution in [2.24, 2.45) is 0 Å². The molecule has 8 heteroatoms. The van der Waals surface area contributed by atoms with Crippen LogP contribution in [0, 0.1) is 11.6 Å². The lowest BCUT2D eigenvalue weighted by Gasteiger charge is -2.25. The highest BCUT2D eigenvalue weighted by molar-refractivity contribution is 6.07. The van der Waals surface area contributed by atoms with Crippen molar-refractivity contribution >= 4 is 11.9 Å². The maximum Gasteiger partial charge on any atom is 0.325 e. The number of hydrogen-bond donors (Lipinski definition) is 1. The zero-order chi connectivity index (χ0) is 20.6. The van der Waals surface area contributed by atoms with Gasteiger partial charge in [-0.2, -0.15) is 0 Å². The number of hydrogen-bond acceptors (Lipinski definition) is 4. The number of amides is 3. The van der Waals surface area contributed by atoms with Gasteiger partial charge >= 0.3 is 6.03 Å². The quantitative estimate of drug-likeness (QED) is 0.661. The van der Waals surface area contributed by atoms with Gasteiger partial charge in [0.2, 0.25) is 5.89 Å². The molecule has 6 nitrogen and oxygen atoms in total. The highest BCUT2D eigenvalue weighted by atomic mass is 19.1. The first-order valence-corrected chi connectivity index (χ1v) is 9.04. The number of imide groups is 1. The molecule has 1 aromatic heterocycles. The van der Waals surface area contributed by atoms with Gasteiger partial charge in [-0.1, -0.05) is 19.1 Å². The summed E-state index contributed by atoms with van der Waals surface area (Å²) in [5, 5.41) is 2.72. The summed E-state index contributed by atoms with van der Waals surface area (Å²) in [6, 6.07) is 10.6. The zero-order valence-corrected chi connectivity index (χ0v) is 15.5. The van der Waals surface area contributed by atoms with Crippen LogP contribution in [-0.2, 0) is 16.9 Å². The van der Waals surface area contributed by atoms with Gasteiger partial charge in [-0.15, -0.1) is 0 Å². The monoisotopic (exact) mass is 397 g/mol.